The predicted octanol–water partition coefficient (Wildman–Crippen LogP) is 1.95. The number of benzene rings is 1. The van der Waals surface area contributed by atoms with Crippen LogP contribution >= 0.6 is 0 Å². The number of pyridine rings is 1. The second-order valence-corrected chi connectivity index (χ2v) is 4.96. The van der Waals surface area contributed by atoms with E-state index in [4.69, 9.17) is 14.2 Å². The maximum Gasteiger partial charge on any atom is 0.254 e. The number of nitrogens with zero attached hydrogens (tertiary/aromatic N) is 1. The first-order valence-electron chi connectivity index (χ1n) is 7.62. The van der Waals surface area contributed by atoms with E-state index in [-0.39, 0.29) is 5.91 Å². The summed E-state index contributed by atoms with van der Waals surface area (Å²) in [6.45, 7) is 1.91. The highest BCUT2D eigenvalue weighted by Crippen LogP contribution is 2.25. The Labute approximate surface area is 141 Å². The molecule has 1 aromatic heterocycles. The van der Waals surface area contributed by atoms with Gasteiger partial charge in [-0.15, -0.1) is 0 Å². The summed E-state index contributed by atoms with van der Waals surface area (Å²) in [5.74, 6) is 0.524. The molecule has 0 atom stereocenters. The Kier molecular flexibility index (Phi) is 7.20. The molecule has 0 saturated heterocycles. The molecular formula is C18H21N2O4. The van der Waals surface area contributed by atoms with Gasteiger partial charge in [-0.3, -0.25) is 9.78 Å². The quantitative estimate of drug-likeness (QED) is 0.712. The first kappa shape index (κ1) is 17.9. The lowest BCUT2D eigenvalue weighted by atomic mass is 10.0. The molecule has 1 N–H and O–H groups in total. The van der Waals surface area contributed by atoms with Gasteiger partial charge in [-0.25, -0.2) is 0 Å². The van der Waals surface area contributed by atoms with Crippen LogP contribution in [0.4, 0.5) is 0 Å². The van der Waals surface area contributed by atoms with E-state index in [1.54, 1.807) is 26.5 Å². The van der Waals surface area contributed by atoms with Crippen LogP contribution in [-0.2, 0) is 9.47 Å². The van der Waals surface area contributed by atoms with Crippen molar-refractivity contribution in [3.63, 3.8) is 0 Å². The molecule has 127 valence electrons. The summed E-state index contributed by atoms with van der Waals surface area (Å²) in [5.41, 5.74) is 2.06. The van der Waals surface area contributed by atoms with Gasteiger partial charge in [0, 0.05) is 27.0 Å². The van der Waals surface area contributed by atoms with Crippen LogP contribution in [0.1, 0.15) is 10.4 Å². The number of nitrogens with one attached hydrogen (secondary N) is 1. The standard InChI is InChI=1S/C18H21N2O4/c1-22-10-9-20-18(21)17-13-19-8-7-16(17)14-3-5-15(6-4-14)24-12-11-23-2/h3-8H,9-12H2,1-2H3,(H,20,21). The van der Waals surface area contributed by atoms with Gasteiger partial charge in [-0.1, -0.05) is 12.1 Å². The van der Waals surface area contributed by atoms with Crippen LogP contribution in [0, 0.1) is 6.20 Å². The molecule has 0 bridgehead atoms. The molecule has 0 aliphatic carbocycles. The lowest BCUT2D eigenvalue weighted by Gasteiger charge is -2.10. The summed E-state index contributed by atoms with van der Waals surface area (Å²) in [7, 11) is 3.22. The van der Waals surface area contributed by atoms with E-state index in [0.29, 0.717) is 31.9 Å². The fraction of sp³-hybridized carbons (Fsp3) is 0.333. The lowest BCUT2D eigenvalue weighted by Crippen LogP contribution is -2.27. The van der Waals surface area contributed by atoms with Crippen molar-refractivity contribution < 1.29 is 19.0 Å². The van der Waals surface area contributed by atoms with Crippen molar-refractivity contribution >= 4 is 5.91 Å². The average molecular weight is 329 g/mol. The van der Waals surface area contributed by atoms with Crippen molar-refractivity contribution in [3.05, 3.63) is 48.3 Å². The fourth-order valence-electron chi connectivity index (χ4n) is 2.10. The van der Waals surface area contributed by atoms with E-state index in [1.165, 1.54) is 0 Å². The van der Waals surface area contributed by atoms with E-state index in [0.717, 1.165) is 16.9 Å². The summed E-state index contributed by atoms with van der Waals surface area (Å²) in [5, 5.41) is 2.78. The van der Waals surface area contributed by atoms with Gasteiger partial charge < -0.3 is 19.5 Å². The third kappa shape index (κ3) is 5.04. The minimum atomic E-state index is -0.226. The first-order valence-corrected chi connectivity index (χ1v) is 7.62. The Morgan fingerprint density at radius 3 is 2.54 bits per heavy atom. The Morgan fingerprint density at radius 2 is 1.83 bits per heavy atom. The van der Waals surface area contributed by atoms with Crippen LogP contribution in [0.3, 0.4) is 0 Å². The van der Waals surface area contributed by atoms with Crippen molar-refractivity contribution in [3.8, 4) is 16.9 Å². The molecule has 0 saturated carbocycles. The fourth-order valence-corrected chi connectivity index (χ4v) is 2.10. The van der Waals surface area contributed by atoms with Gasteiger partial charge in [-0.2, -0.15) is 0 Å². The number of methoxy groups -OCH3 is 2. The lowest BCUT2D eigenvalue weighted by molar-refractivity contribution is 0.0937. The molecule has 1 aromatic carbocycles. The number of hydrogen-bond donors (Lipinski definition) is 1. The maximum atomic E-state index is 12.3. The molecule has 0 aliphatic rings. The van der Waals surface area contributed by atoms with Gasteiger partial charge in [0.15, 0.2) is 0 Å². The van der Waals surface area contributed by atoms with Gasteiger partial charge >= 0.3 is 0 Å². The zero-order valence-electron chi connectivity index (χ0n) is 13.9. The summed E-state index contributed by atoms with van der Waals surface area (Å²) in [4.78, 5) is 16.2. The molecule has 1 amide bonds. The van der Waals surface area contributed by atoms with E-state index < -0.39 is 0 Å². The molecular weight excluding hydrogens is 308 g/mol. The molecule has 6 nitrogen and oxygen atoms in total. The van der Waals surface area contributed by atoms with Gasteiger partial charge in [0.1, 0.15) is 18.6 Å². The van der Waals surface area contributed by atoms with Crippen LogP contribution in [0.25, 0.3) is 11.1 Å². The van der Waals surface area contributed by atoms with Gasteiger partial charge in [0.2, 0.25) is 0 Å². The molecule has 6 heteroatoms. The van der Waals surface area contributed by atoms with Crippen molar-refractivity contribution in [2.45, 2.75) is 0 Å². The molecule has 24 heavy (non-hydrogen) atoms. The van der Waals surface area contributed by atoms with Crippen LogP contribution < -0.4 is 10.1 Å². The Hall–Kier alpha value is -2.44. The van der Waals surface area contributed by atoms with Crippen LogP contribution in [0.15, 0.2) is 36.5 Å². The second kappa shape index (κ2) is 9.64. The highest BCUT2D eigenvalue weighted by atomic mass is 16.5. The monoisotopic (exact) mass is 329 g/mol. The predicted molar refractivity (Wildman–Crippen MR) is 90.1 cm³/mol. The van der Waals surface area contributed by atoms with Crippen LogP contribution in [-0.4, -0.2) is 51.5 Å². The number of aromatic nitrogens is 1. The molecule has 0 unspecified atom stereocenters. The average Bonchev–Trinajstić information content (AvgIpc) is 2.63. The number of amides is 1. The number of carbonyl (C=O) groups excluding carboxylic acids is 1. The number of carbonyl (C=O) groups is 1. The van der Waals surface area contributed by atoms with E-state index >= 15 is 0 Å². The summed E-state index contributed by atoms with van der Waals surface area (Å²) >= 11 is 0. The third-order valence-electron chi connectivity index (χ3n) is 3.30. The Balaban J connectivity index is 2.12. The normalized spacial score (nSPS) is 10.4. The Morgan fingerprint density at radius 1 is 1.08 bits per heavy atom. The zero-order chi connectivity index (χ0) is 17.2. The SMILES string of the molecule is COCCNC(=O)c1[c]nccc1-c1ccc(OCCOC)cc1. The number of ether oxygens (including phenoxy) is 3. The van der Waals surface area contributed by atoms with Crippen molar-refractivity contribution in [1.29, 1.82) is 0 Å². The molecule has 2 aromatic rings. The molecule has 1 heterocycles. The minimum Gasteiger partial charge on any atom is -0.491 e. The van der Waals surface area contributed by atoms with Crippen molar-refractivity contribution in [2.24, 2.45) is 0 Å². The molecule has 0 spiro atoms. The molecule has 2 rings (SSSR count). The minimum absolute atomic E-state index is 0.226. The Bertz CT molecular complexity index is 644. The van der Waals surface area contributed by atoms with Crippen LogP contribution in [0.5, 0.6) is 5.75 Å². The third-order valence-corrected chi connectivity index (χ3v) is 3.30. The summed E-state index contributed by atoms with van der Waals surface area (Å²) < 4.78 is 15.4. The van der Waals surface area contributed by atoms with E-state index in [2.05, 4.69) is 16.5 Å². The molecule has 0 aliphatic heterocycles. The largest absolute Gasteiger partial charge is 0.491 e. The second-order valence-electron chi connectivity index (χ2n) is 4.96. The number of rotatable bonds is 9. The molecule has 0 fully saturated rings. The molecule has 1 radical (unpaired) electrons. The summed E-state index contributed by atoms with van der Waals surface area (Å²) in [6, 6.07) is 9.31. The van der Waals surface area contributed by atoms with Crippen molar-refractivity contribution in [2.75, 3.05) is 40.6 Å². The van der Waals surface area contributed by atoms with Crippen molar-refractivity contribution in [1.82, 2.24) is 10.3 Å². The number of hydrogen-bond acceptors (Lipinski definition) is 5. The van der Waals surface area contributed by atoms with Gasteiger partial charge in [0.05, 0.1) is 18.8 Å². The smallest absolute Gasteiger partial charge is 0.254 e. The highest BCUT2D eigenvalue weighted by molar-refractivity contribution is 6.00. The maximum absolute atomic E-state index is 12.3. The highest BCUT2D eigenvalue weighted by Gasteiger charge is 2.13. The van der Waals surface area contributed by atoms with E-state index in [1.807, 2.05) is 24.3 Å². The first-order chi connectivity index (χ1) is 11.8. The van der Waals surface area contributed by atoms with Crippen LogP contribution in [0.2, 0.25) is 0 Å². The topological polar surface area (TPSA) is 69.7 Å². The zero-order valence-corrected chi connectivity index (χ0v) is 13.9. The summed E-state index contributed by atoms with van der Waals surface area (Å²) in [6.07, 6.45) is 4.38. The van der Waals surface area contributed by atoms with E-state index in [9.17, 15) is 4.79 Å². The van der Waals surface area contributed by atoms with Gasteiger partial charge in [0.25, 0.3) is 5.91 Å². The van der Waals surface area contributed by atoms with Gasteiger partial charge in [-0.05, 0) is 29.3 Å².